The molecule has 0 aromatic rings. The zero-order valence-corrected chi connectivity index (χ0v) is 32.9. The highest BCUT2D eigenvalue weighted by Gasteiger charge is 2.59. The lowest BCUT2D eigenvalue weighted by molar-refractivity contribution is -0.0599. The number of nitrogens with two attached hydrogens (primary N) is 2. The maximum Gasteiger partial charge on any atom is 0.0253 e. The fraction of sp³-hybridized carbons (Fsp3) is 0.953. The van der Waals surface area contributed by atoms with Gasteiger partial charge in [0, 0.05) is 6.04 Å². The van der Waals surface area contributed by atoms with E-state index >= 15 is 0 Å². The molecule has 0 aliphatic heterocycles. The Bertz CT molecular complexity index is 909. The van der Waals surface area contributed by atoms with E-state index in [-0.39, 0.29) is 0 Å². The summed E-state index contributed by atoms with van der Waals surface area (Å²) in [6.07, 6.45) is 31.3. The van der Waals surface area contributed by atoms with Crippen molar-refractivity contribution < 1.29 is 0 Å². The predicted octanol–water partition coefficient (Wildman–Crippen LogP) is 7.92. The topological polar surface area (TPSA) is 100 Å². The Labute approximate surface area is 304 Å². The molecule has 49 heavy (non-hydrogen) atoms. The zero-order valence-electron chi connectivity index (χ0n) is 32.9. The van der Waals surface area contributed by atoms with Crippen molar-refractivity contribution in [2.24, 2.45) is 51.9 Å². The highest BCUT2D eigenvalue weighted by Crippen LogP contribution is 2.67. The molecular weight excluding hydrogens is 601 g/mol. The molecule has 4 aliphatic rings. The minimum absolute atomic E-state index is 0.463. The molecule has 0 amide bonds. The SMILES string of the molecule is C[C@H](CCCCNCCCCCCCCN)[C@H]1CCC2C3CCC4=C[C@@H](NCCCNCCCCNCCCN)CC[C@]4(C)C3CC[C@@]21C. The van der Waals surface area contributed by atoms with E-state index in [1.165, 1.54) is 142 Å². The molecule has 0 aromatic heterocycles. The molecule has 0 saturated heterocycles. The van der Waals surface area contributed by atoms with Crippen LogP contribution in [0.25, 0.3) is 0 Å². The van der Waals surface area contributed by atoms with E-state index in [2.05, 4.69) is 48.1 Å². The van der Waals surface area contributed by atoms with Gasteiger partial charge in [-0.05, 0) is 196 Å². The van der Waals surface area contributed by atoms with E-state index in [4.69, 9.17) is 11.5 Å². The first-order valence-corrected chi connectivity index (χ1v) is 21.9. The Morgan fingerprint density at radius 2 is 1.24 bits per heavy atom. The monoisotopic (exact) mass is 685 g/mol. The van der Waals surface area contributed by atoms with Gasteiger partial charge in [0.2, 0.25) is 0 Å². The lowest BCUT2D eigenvalue weighted by atomic mass is 9.46. The number of hydrogen-bond donors (Lipinski definition) is 6. The quantitative estimate of drug-likeness (QED) is 0.0389. The van der Waals surface area contributed by atoms with E-state index in [0.717, 1.165) is 81.8 Å². The lowest BCUT2D eigenvalue weighted by Crippen LogP contribution is -2.51. The summed E-state index contributed by atoms with van der Waals surface area (Å²) in [4.78, 5) is 0. The van der Waals surface area contributed by atoms with E-state index in [1.54, 1.807) is 0 Å². The third-order valence-corrected chi connectivity index (χ3v) is 14.4. The highest BCUT2D eigenvalue weighted by molar-refractivity contribution is 5.26. The van der Waals surface area contributed by atoms with Crippen LogP contribution in [-0.2, 0) is 0 Å². The average molecular weight is 685 g/mol. The van der Waals surface area contributed by atoms with Crippen LogP contribution in [0.2, 0.25) is 0 Å². The maximum atomic E-state index is 5.61. The summed E-state index contributed by atoms with van der Waals surface area (Å²) in [5, 5.41) is 14.8. The van der Waals surface area contributed by atoms with Crippen molar-refractivity contribution in [3.63, 3.8) is 0 Å². The molecule has 4 rings (SSSR count). The smallest absolute Gasteiger partial charge is 0.0253 e. The fourth-order valence-corrected chi connectivity index (χ4v) is 11.5. The normalized spacial score (nSPS) is 31.6. The number of nitrogens with one attached hydrogen (secondary N) is 4. The van der Waals surface area contributed by atoms with Gasteiger partial charge < -0.3 is 32.7 Å². The van der Waals surface area contributed by atoms with Crippen LogP contribution in [0.5, 0.6) is 0 Å². The molecule has 3 fully saturated rings. The number of fused-ring (bicyclic) bond motifs is 5. The molecule has 0 bridgehead atoms. The fourth-order valence-electron chi connectivity index (χ4n) is 11.5. The van der Waals surface area contributed by atoms with Gasteiger partial charge in [0.25, 0.3) is 0 Å². The summed E-state index contributed by atoms with van der Waals surface area (Å²) in [6, 6.07) is 0.594. The van der Waals surface area contributed by atoms with Gasteiger partial charge in [0.1, 0.15) is 0 Å². The van der Waals surface area contributed by atoms with Gasteiger partial charge in [-0.25, -0.2) is 0 Å². The van der Waals surface area contributed by atoms with Crippen molar-refractivity contribution in [1.82, 2.24) is 21.3 Å². The van der Waals surface area contributed by atoms with Gasteiger partial charge >= 0.3 is 0 Å². The first-order valence-electron chi connectivity index (χ1n) is 21.9. The Hall–Kier alpha value is -0.500. The summed E-state index contributed by atoms with van der Waals surface area (Å²) in [6.45, 7) is 17.7. The third kappa shape index (κ3) is 12.3. The molecule has 0 spiro atoms. The minimum atomic E-state index is 0.463. The summed E-state index contributed by atoms with van der Waals surface area (Å²) in [7, 11) is 0. The van der Waals surface area contributed by atoms with Crippen molar-refractivity contribution >= 4 is 0 Å². The molecule has 6 heteroatoms. The first-order chi connectivity index (χ1) is 23.9. The molecule has 8 atom stereocenters. The Morgan fingerprint density at radius 3 is 1.96 bits per heavy atom. The van der Waals surface area contributed by atoms with Gasteiger partial charge in [-0.1, -0.05) is 70.9 Å². The van der Waals surface area contributed by atoms with E-state index < -0.39 is 0 Å². The van der Waals surface area contributed by atoms with E-state index in [0.29, 0.717) is 16.9 Å². The second-order valence-electron chi connectivity index (χ2n) is 17.7. The van der Waals surface area contributed by atoms with Crippen LogP contribution < -0.4 is 32.7 Å². The Morgan fingerprint density at radius 1 is 0.633 bits per heavy atom. The molecule has 6 nitrogen and oxygen atoms in total. The second-order valence-corrected chi connectivity index (χ2v) is 17.7. The zero-order chi connectivity index (χ0) is 34.8. The number of hydrogen-bond acceptors (Lipinski definition) is 6. The van der Waals surface area contributed by atoms with Crippen LogP contribution in [0.1, 0.15) is 156 Å². The molecule has 4 aliphatic carbocycles. The van der Waals surface area contributed by atoms with Crippen molar-refractivity contribution in [2.75, 3.05) is 58.9 Å². The maximum absolute atomic E-state index is 5.61. The molecule has 3 saturated carbocycles. The lowest BCUT2D eigenvalue weighted by Gasteiger charge is -2.59. The van der Waals surface area contributed by atoms with E-state index in [9.17, 15) is 0 Å². The molecule has 0 heterocycles. The summed E-state index contributed by atoms with van der Waals surface area (Å²) in [5.41, 5.74) is 14.1. The van der Waals surface area contributed by atoms with Crippen LogP contribution >= 0.6 is 0 Å². The van der Waals surface area contributed by atoms with Crippen molar-refractivity contribution in [2.45, 2.75) is 162 Å². The van der Waals surface area contributed by atoms with Gasteiger partial charge in [-0.3, -0.25) is 0 Å². The molecule has 0 aromatic carbocycles. The Kier molecular flexibility index (Phi) is 19.0. The average Bonchev–Trinajstić information content (AvgIpc) is 3.46. The van der Waals surface area contributed by atoms with Crippen LogP contribution in [-0.4, -0.2) is 64.9 Å². The number of rotatable bonds is 27. The highest BCUT2D eigenvalue weighted by atomic mass is 14.9. The van der Waals surface area contributed by atoms with Crippen LogP contribution in [0, 0.1) is 40.4 Å². The van der Waals surface area contributed by atoms with Crippen molar-refractivity contribution in [3.05, 3.63) is 11.6 Å². The third-order valence-electron chi connectivity index (χ3n) is 14.4. The molecule has 286 valence electrons. The molecule has 0 radical (unpaired) electrons. The van der Waals surface area contributed by atoms with Crippen LogP contribution in [0.3, 0.4) is 0 Å². The van der Waals surface area contributed by atoms with Crippen LogP contribution in [0.4, 0.5) is 0 Å². The summed E-state index contributed by atoms with van der Waals surface area (Å²) >= 11 is 0. The van der Waals surface area contributed by atoms with Crippen molar-refractivity contribution in [1.29, 1.82) is 0 Å². The van der Waals surface area contributed by atoms with Gasteiger partial charge in [0.15, 0.2) is 0 Å². The van der Waals surface area contributed by atoms with Crippen molar-refractivity contribution in [3.8, 4) is 0 Å². The first kappa shape index (κ1) is 41.3. The standard InChI is InChI=1S/C43H84N6/c1-35(16-8-11-28-46-27-10-7-5-4-6-9-25-44)39-19-20-40-38-18-17-36-34-37(21-23-42(36,2)41(38)22-24-43(39,40)3)49-33-15-32-48-30-13-12-29-47-31-14-26-45/h34-35,37-41,46-49H,4-33,44-45H2,1-3H3/t35-,37+,38?,39-,40?,41?,42+,43-/m1/s1. The summed E-state index contributed by atoms with van der Waals surface area (Å²) < 4.78 is 0. The molecule has 8 N–H and O–H groups in total. The second kappa shape index (κ2) is 22.5. The predicted molar refractivity (Wildman–Crippen MR) is 213 cm³/mol. The van der Waals surface area contributed by atoms with Crippen LogP contribution in [0.15, 0.2) is 11.6 Å². The molecular formula is C43H84N6. The number of allylic oxidation sites excluding steroid dienone is 1. The van der Waals surface area contributed by atoms with E-state index in [1.807, 2.05) is 5.57 Å². The Balaban J connectivity index is 1.11. The number of unbranched alkanes of at least 4 members (excludes halogenated alkanes) is 7. The largest absolute Gasteiger partial charge is 0.330 e. The van der Waals surface area contributed by atoms with Gasteiger partial charge in [-0.2, -0.15) is 0 Å². The molecule has 3 unspecified atom stereocenters. The summed E-state index contributed by atoms with van der Waals surface area (Å²) in [5.74, 6) is 4.72. The van der Waals surface area contributed by atoms with Gasteiger partial charge in [-0.15, -0.1) is 0 Å². The van der Waals surface area contributed by atoms with Gasteiger partial charge in [0.05, 0.1) is 0 Å². The minimum Gasteiger partial charge on any atom is -0.330 e.